The van der Waals surface area contributed by atoms with Crippen LogP contribution in [0.25, 0.3) is 0 Å². The Morgan fingerprint density at radius 3 is 2.55 bits per heavy atom. The zero-order valence-electron chi connectivity index (χ0n) is 17.5. The van der Waals surface area contributed by atoms with Crippen molar-refractivity contribution < 1.29 is 14.9 Å². The van der Waals surface area contributed by atoms with E-state index in [9.17, 15) is 10.2 Å². The first-order valence-electron chi connectivity index (χ1n) is 10.6. The van der Waals surface area contributed by atoms with Crippen LogP contribution in [0.3, 0.4) is 0 Å². The molecule has 5 heteroatoms. The van der Waals surface area contributed by atoms with Gasteiger partial charge in [-0.1, -0.05) is 24.3 Å². The molecule has 0 saturated carbocycles. The number of aromatic hydroxyl groups is 2. The molecule has 0 radical (unpaired) electrons. The van der Waals surface area contributed by atoms with E-state index in [0.717, 1.165) is 64.3 Å². The summed E-state index contributed by atoms with van der Waals surface area (Å²) in [6.07, 6.45) is 1.86. The summed E-state index contributed by atoms with van der Waals surface area (Å²) in [6.45, 7) is 11.3. The number of phenols is 2. The molecule has 2 aromatic carbocycles. The highest BCUT2D eigenvalue weighted by molar-refractivity contribution is 5.41. The van der Waals surface area contributed by atoms with Gasteiger partial charge in [-0.2, -0.15) is 0 Å². The number of aryl methyl sites for hydroxylation is 1. The maximum absolute atomic E-state index is 9.75. The zero-order chi connectivity index (χ0) is 20.4. The van der Waals surface area contributed by atoms with E-state index >= 15 is 0 Å². The molecule has 0 amide bonds. The summed E-state index contributed by atoms with van der Waals surface area (Å²) in [6, 6.07) is 11.9. The Kier molecular flexibility index (Phi) is 5.81. The molecular weight excluding hydrogens is 364 g/mol. The van der Waals surface area contributed by atoms with Crippen LogP contribution in [0.2, 0.25) is 0 Å². The van der Waals surface area contributed by atoms with Gasteiger partial charge in [0.1, 0.15) is 0 Å². The lowest BCUT2D eigenvalue weighted by molar-refractivity contribution is 0.0339. The second-order valence-electron chi connectivity index (χ2n) is 8.93. The van der Waals surface area contributed by atoms with Crippen LogP contribution in [0.1, 0.15) is 42.5 Å². The Morgan fingerprint density at radius 1 is 1.00 bits per heavy atom. The van der Waals surface area contributed by atoms with Gasteiger partial charge < -0.3 is 14.9 Å². The molecule has 2 aliphatic heterocycles. The Balaban J connectivity index is 1.42. The molecule has 0 unspecified atom stereocenters. The first-order valence-corrected chi connectivity index (χ1v) is 10.6. The smallest absolute Gasteiger partial charge is 0.157 e. The predicted octanol–water partition coefficient (Wildman–Crippen LogP) is 3.66. The SMILES string of the molecule is CC(C)(CCc1ccc(O)c(O)c1)N1Cc2cccc(CN3CCOCC3)c2C1. The van der Waals surface area contributed by atoms with E-state index in [1.54, 1.807) is 12.1 Å². The van der Waals surface area contributed by atoms with Gasteiger partial charge >= 0.3 is 0 Å². The van der Waals surface area contributed by atoms with Gasteiger partial charge in [0.15, 0.2) is 11.5 Å². The summed E-state index contributed by atoms with van der Waals surface area (Å²) < 4.78 is 5.49. The molecule has 0 aromatic heterocycles. The van der Waals surface area contributed by atoms with Crippen LogP contribution in [0, 0.1) is 0 Å². The number of morpholine rings is 1. The maximum Gasteiger partial charge on any atom is 0.157 e. The molecule has 4 rings (SSSR count). The molecule has 156 valence electrons. The molecular formula is C24H32N2O3. The molecule has 2 aromatic rings. The molecule has 1 fully saturated rings. The Labute approximate surface area is 173 Å². The van der Waals surface area contributed by atoms with Crippen LogP contribution < -0.4 is 0 Å². The molecule has 2 heterocycles. The van der Waals surface area contributed by atoms with E-state index < -0.39 is 0 Å². The van der Waals surface area contributed by atoms with E-state index in [4.69, 9.17) is 4.74 Å². The van der Waals surface area contributed by atoms with Crippen molar-refractivity contribution in [1.82, 2.24) is 9.80 Å². The normalized spacial score (nSPS) is 18.1. The van der Waals surface area contributed by atoms with E-state index in [2.05, 4.69) is 41.8 Å². The number of ether oxygens (including phenoxy) is 1. The molecule has 0 atom stereocenters. The van der Waals surface area contributed by atoms with Gasteiger partial charge in [-0.05, 0) is 61.1 Å². The van der Waals surface area contributed by atoms with Crippen LogP contribution >= 0.6 is 0 Å². The minimum absolute atomic E-state index is 0.0401. The molecule has 0 bridgehead atoms. The summed E-state index contributed by atoms with van der Waals surface area (Å²) in [5.74, 6) is -0.0996. The number of hydrogen-bond acceptors (Lipinski definition) is 5. The fourth-order valence-corrected chi connectivity index (χ4v) is 4.40. The molecule has 2 aliphatic rings. The number of benzene rings is 2. The monoisotopic (exact) mass is 396 g/mol. The van der Waals surface area contributed by atoms with Crippen molar-refractivity contribution in [3.63, 3.8) is 0 Å². The van der Waals surface area contributed by atoms with Gasteiger partial charge in [0, 0.05) is 38.3 Å². The Morgan fingerprint density at radius 2 is 1.79 bits per heavy atom. The van der Waals surface area contributed by atoms with Gasteiger partial charge in [-0.3, -0.25) is 9.80 Å². The number of fused-ring (bicyclic) bond motifs is 1. The summed E-state index contributed by atoms with van der Waals surface area (Å²) in [5.41, 5.74) is 5.49. The predicted molar refractivity (Wildman–Crippen MR) is 114 cm³/mol. The van der Waals surface area contributed by atoms with Crippen molar-refractivity contribution >= 4 is 0 Å². The average Bonchev–Trinajstić information content (AvgIpc) is 3.16. The van der Waals surface area contributed by atoms with E-state index in [1.807, 2.05) is 6.07 Å². The third-order valence-electron chi connectivity index (χ3n) is 6.50. The van der Waals surface area contributed by atoms with Gasteiger partial charge in [-0.25, -0.2) is 0 Å². The fraction of sp³-hybridized carbons (Fsp3) is 0.500. The maximum atomic E-state index is 9.75. The largest absolute Gasteiger partial charge is 0.504 e. The number of rotatable bonds is 6. The van der Waals surface area contributed by atoms with Gasteiger partial charge in [0.05, 0.1) is 13.2 Å². The third kappa shape index (κ3) is 4.58. The van der Waals surface area contributed by atoms with Gasteiger partial charge in [0.2, 0.25) is 0 Å². The van der Waals surface area contributed by atoms with Crippen LogP contribution in [0.4, 0.5) is 0 Å². The zero-order valence-corrected chi connectivity index (χ0v) is 17.5. The first kappa shape index (κ1) is 20.2. The lowest BCUT2D eigenvalue weighted by Crippen LogP contribution is -2.40. The highest BCUT2D eigenvalue weighted by Crippen LogP contribution is 2.35. The second-order valence-corrected chi connectivity index (χ2v) is 8.93. The highest BCUT2D eigenvalue weighted by Gasteiger charge is 2.32. The van der Waals surface area contributed by atoms with Crippen molar-refractivity contribution in [3.8, 4) is 11.5 Å². The Hall–Kier alpha value is -2.08. The molecule has 29 heavy (non-hydrogen) atoms. The molecule has 0 spiro atoms. The van der Waals surface area contributed by atoms with Crippen molar-refractivity contribution in [2.24, 2.45) is 0 Å². The number of phenolic OH excluding ortho intramolecular Hbond substituents is 2. The summed E-state index contributed by atoms with van der Waals surface area (Å²) in [5, 5.41) is 19.3. The molecule has 2 N–H and O–H groups in total. The summed E-state index contributed by atoms with van der Waals surface area (Å²) >= 11 is 0. The van der Waals surface area contributed by atoms with Gasteiger partial charge in [-0.15, -0.1) is 0 Å². The van der Waals surface area contributed by atoms with Crippen LogP contribution in [-0.2, 0) is 30.8 Å². The molecule has 1 saturated heterocycles. The van der Waals surface area contributed by atoms with Crippen molar-refractivity contribution in [2.45, 2.75) is 51.9 Å². The van der Waals surface area contributed by atoms with Crippen molar-refractivity contribution in [1.29, 1.82) is 0 Å². The van der Waals surface area contributed by atoms with E-state index in [0.29, 0.717) is 0 Å². The topological polar surface area (TPSA) is 56.2 Å². The number of nitrogens with zero attached hydrogens (tertiary/aromatic N) is 2. The van der Waals surface area contributed by atoms with Gasteiger partial charge in [0.25, 0.3) is 0 Å². The van der Waals surface area contributed by atoms with Crippen LogP contribution in [0.15, 0.2) is 36.4 Å². The Bertz CT molecular complexity index is 859. The van der Waals surface area contributed by atoms with E-state index in [-0.39, 0.29) is 17.0 Å². The summed E-state index contributed by atoms with van der Waals surface area (Å²) in [7, 11) is 0. The minimum atomic E-state index is -0.0594. The number of hydrogen-bond donors (Lipinski definition) is 2. The first-order chi connectivity index (χ1) is 13.9. The lowest BCUT2D eigenvalue weighted by atomic mass is 9.93. The summed E-state index contributed by atoms with van der Waals surface area (Å²) in [4.78, 5) is 5.06. The third-order valence-corrected chi connectivity index (χ3v) is 6.50. The van der Waals surface area contributed by atoms with Crippen LogP contribution in [0.5, 0.6) is 11.5 Å². The van der Waals surface area contributed by atoms with Crippen molar-refractivity contribution in [3.05, 3.63) is 58.7 Å². The average molecular weight is 397 g/mol. The fourth-order valence-electron chi connectivity index (χ4n) is 4.40. The van der Waals surface area contributed by atoms with E-state index in [1.165, 1.54) is 16.7 Å². The van der Waals surface area contributed by atoms with Crippen LogP contribution in [-0.4, -0.2) is 51.9 Å². The molecule has 5 nitrogen and oxygen atoms in total. The standard InChI is InChI=1S/C24H32N2O3/c1-24(2,9-8-18-6-7-22(27)23(28)14-18)26-16-20-5-3-4-19(21(20)17-26)15-25-10-12-29-13-11-25/h3-7,14,27-28H,8-13,15-17H2,1-2H3. The quantitative estimate of drug-likeness (QED) is 0.730. The van der Waals surface area contributed by atoms with Crippen molar-refractivity contribution in [2.75, 3.05) is 26.3 Å². The lowest BCUT2D eigenvalue weighted by Gasteiger charge is -2.36. The second kappa shape index (κ2) is 8.34. The highest BCUT2D eigenvalue weighted by atomic mass is 16.5. The molecule has 0 aliphatic carbocycles. The minimum Gasteiger partial charge on any atom is -0.504 e.